The summed E-state index contributed by atoms with van der Waals surface area (Å²) in [4.78, 5) is 0. The number of nitrogens with zero attached hydrogens (tertiary/aromatic N) is 2. The molecule has 0 unspecified atom stereocenters. The molecule has 0 fully saturated rings. The van der Waals surface area contributed by atoms with Crippen LogP contribution in [0.4, 0.5) is 5.82 Å². The Kier molecular flexibility index (Phi) is 4.53. The molecule has 0 bridgehead atoms. The van der Waals surface area contributed by atoms with Gasteiger partial charge in [0.25, 0.3) is 0 Å². The number of anilines is 1. The van der Waals surface area contributed by atoms with Crippen molar-refractivity contribution in [2.75, 3.05) is 5.73 Å². The third kappa shape index (κ3) is 2.78. The normalized spacial score (nSPS) is 11.6. The first-order valence-corrected chi connectivity index (χ1v) is 10.2. The monoisotopic (exact) mass is 409 g/mol. The molecule has 0 aliphatic rings. The lowest BCUT2D eigenvalue weighted by atomic mass is 9.77. The molecular weight excluding hydrogens is 390 g/mol. The zero-order chi connectivity index (χ0) is 20.6. The number of hydrogen-bond donors (Lipinski definition) is 1. The van der Waals surface area contributed by atoms with Crippen LogP contribution < -0.4 is 5.73 Å². The number of benzene rings is 4. The molecule has 2 N–H and O–H groups in total. The van der Waals surface area contributed by atoms with Crippen molar-refractivity contribution in [1.29, 1.82) is 0 Å². The van der Waals surface area contributed by atoms with Crippen molar-refractivity contribution in [3.05, 3.63) is 131 Å². The van der Waals surface area contributed by atoms with E-state index in [4.69, 9.17) is 22.4 Å². The number of hydrogen-bond acceptors (Lipinski definition) is 2. The van der Waals surface area contributed by atoms with Gasteiger partial charge in [-0.25, -0.2) is 4.68 Å². The minimum Gasteiger partial charge on any atom is -0.382 e. The molecule has 0 aliphatic carbocycles. The molecule has 0 saturated carbocycles. The van der Waals surface area contributed by atoms with Gasteiger partial charge in [0.2, 0.25) is 0 Å². The van der Waals surface area contributed by atoms with Gasteiger partial charge in [0, 0.05) is 10.4 Å². The van der Waals surface area contributed by atoms with E-state index in [1.807, 2.05) is 41.1 Å². The molecule has 4 aromatic carbocycles. The van der Waals surface area contributed by atoms with E-state index in [9.17, 15) is 0 Å². The second kappa shape index (κ2) is 7.36. The zero-order valence-corrected chi connectivity index (χ0v) is 17.0. The summed E-state index contributed by atoms with van der Waals surface area (Å²) in [7, 11) is 0. The zero-order valence-electron chi connectivity index (χ0n) is 16.2. The highest BCUT2D eigenvalue weighted by Gasteiger charge is 2.40. The molecule has 3 nitrogen and oxygen atoms in total. The number of rotatable bonds is 4. The fourth-order valence-electron chi connectivity index (χ4n) is 4.27. The summed E-state index contributed by atoms with van der Waals surface area (Å²) in [5, 5.41) is 6.39. The molecule has 1 heterocycles. The van der Waals surface area contributed by atoms with Gasteiger partial charge < -0.3 is 5.73 Å². The SMILES string of the molecule is Nc1nn(C(c2ccccc2)(c2ccccc2)c2ccccc2)c2cc(Cl)ccc12. The van der Waals surface area contributed by atoms with Crippen LogP contribution in [0.2, 0.25) is 5.02 Å². The van der Waals surface area contributed by atoms with Crippen LogP contribution in [0, 0.1) is 0 Å². The van der Waals surface area contributed by atoms with E-state index >= 15 is 0 Å². The minimum atomic E-state index is -0.718. The van der Waals surface area contributed by atoms with Gasteiger partial charge in [-0.05, 0) is 34.9 Å². The maximum absolute atomic E-state index is 6.41. The highest BCUT2D eigenvalue weighted by Crippen LogP contribution is 2.43. The molecule has 0 spiro atoms. The van der Waals surface area contributed by atoms with Gasteiger partial charge >= 0.3 is 0 Å². The first-order valence-electron chi connectivity index (χ1n) is 9.82. The Morgan fingerprint density at radius 2 is 1.13 bits per heavy atom. The molecule has 146 valence electrons. The maximum Gasteiger partial charge on any atom is 0.153 e. The first-order chi connectivity index (χ1) is 14.7. The average molecular weight is 410 g/mol. The van der Waals surface area contributed by atoms with E-state index in [1.165, 1.54) is 0 Å². The Balaban J connectivity index is 1.99. The molecule has 0 atom stereocenters. The summed E-state index contributed by atoms with van der Waals surface area (Å²) in [6.45, 7) is 0. The highest BCUT2D eigenvalue weighted by molar-refractivity contribution is 6.31. The first kappa shape index (κ1) is 18.5. The van der Waals surface area contributed by atoms with Crippen molar-refractivity contribution >= 4 is 28.3 Å². The molecular formula is C26H20ClN3. The van der Waals surface area contributed by atoms with Crippen molar-refractivity contribution in [3.8, 4) is 0 Å². The van der Waals surface area contributed by atoms with E-state index < -0.39 is 5.54 Å². The van der Waals surface area contributed by atoms with Gasteiger partial charge in [-0.2, -0.15) is 5.10 Å². The third-order valence-electron chi connectivity index (χ3n) is 5.56. The van der Waals surface area contributed by atoms with Gasteiger partial charge in [-0.3, -0.25) is 0 Å². The van der Waals surface area contributed by atoms with Crippen molar-refractivity contribution in [2.24, 2.45) is 0 Å². The lowest BCUT2D eigenvalue weighted by Crippen LogP contribution is -2.38. The molecule has 1 aromatic heterocycles. The number of nitrogen functional groups attached to an aromatic ring is 1. The van der Waals surface area contributed by atoms with Crippen LogP contribution in [0.15, 0.2) is 109 Å². The van der Waals surface area contributed by atoms with Crippen molar-refractivity contribution in [1.82, 2.24) is 9.78 Å². The van der Waals surface area contributed by atoms with Gasteiger partial charge in [0.05, 0.1) is 5.52 Å². The van der Waals surface area contributed by atoms with Crippen LogP contribution in [0.1, 0.15) is 16.7 Å². The van der Waals surface area contributed by atoms with Crippen LogP contribution >= 0.6 is 11.6 Å². The fraction of sp³-hybridized carbons (Fsp3) is 0.0385. The summed E-state index contributed by atoms with van der Waals surface area (Å²) >= 11 is 6.41. The van der Waals surface area contributed by atoms with Gasteiger partial charge in [-0.1, -0.05) is 103 Å². The van der Waals surface area contributed by atoms with Crippen LogP contribution in [0.5, 0.6) is 0 Å². The smallest absolute Gasteiger partial charge is 0.153 e. The van der Waals surface area contributed by atoms with Crippen molar-refractivity contribution in [3.63, 3.8) is 0 Å². The second-order valence-corrected chi connectivity index (χ2v) is 7.70. The third-order valence-corrected chi connectivity index (χ3v) is 5.80. The van der Waals surface area contributed by atoms with E-state index in [0.29, 0.717) is 10.8 Å². The molecule has 5 aromatic rings. The average Bonchev–Trinajstić information content (AvgIpc) is 3.12. The van der Waals surface area contributed by atoms with Crippen molar-refractivity contribution < 1.29 is 0 Å². The van der Waals surface area contributed by atoms with Crippen LogP contribution in [0.25, 0.3) is 10.9 Å². The standard InChI is InChI=1S/C26H20ClN3/c27-22-16-17-23-24(18-22)30(29-25(23)28)26(19-10-4-1-5-11-19,20-12-6-2-7-13-20)21-14-8-3-9-15-21/h1-18H,(H2,28,29). The largest absolute Gasteiger partial charge is 0.382 e. The number of aromatic nitrogens is 2. The number of halogens is 1. The van der Waals surface area contributed by atoms with E-state index in [2.05, 4.69) is 72.8 Å². The fourth-order valence-corrected chi connectivity index (χ4v) is 4.44. The Morgan fingerprint density at radius 1 is 0.667 bits per heavy atom. The molecule has 0 aliphatic heterocycles. The predicted octanol–water partition coefficient (Wildman–Crippen LogP) is 6.11. The summed E-state index contributed by atoms with van der Waals surface area (Å²) in [6.07, 6.45) is 0. The van der Waals surface area contributed by atoms with Gasteiger partial charge in [0.15, 0.2) is 5.82 Å². The Bertz CT molecular complexity index is 1200. The molecule has 4 heteroatoms. The molecule has 0 amide bonds. The number of fused-ring (bicyclic) bond motifs is 1. The van der Waals surface area contributed by atoms with Gasteiger partial charge in [-0.15, -0.1) is 0 Å². The quantitative estimate of drug-likeness (QED) is 0.364. The second-order valence-electron chi connectivity index (χ2n) is 7.27. The topological polar surface area (TPSA) is 43.8 Å². The number of nitrogens with two attached hydrogens (primary N) is 1. The summed E-state index contributed by atoms with van der Waals surface area (Å²) in [5.41, 5.74) is 9.82. The predicted molar refractivity (Wildman–Crippen MR) is 124 cm³/mol. The summed E-state index contributed by atoms with van der Waals surface area (Å²) < 4.78 is 2.02. The van der Waals surface area contributed by atoms with Gasteiger partial charge in [0.1, 0.15) is 5.54 Å². The van der Waals surface area contributed by atoms with Crippen molar-refractivity contribution in [2.45, 2.75) is 5.54 Å². The molecule has 5 rings (SSSR count). The summed E-state index contributed by atoms with van der Waals surface area (Å²) in [6, 6.07) is 36.9. The maximum atomic E-state index is 6.41. The lowest BCUT2D eigenvalue weighted by Gasteiger charge is -2.37. The van der Waals surface area contributed by atoms with Crippen LogP contribution in [-0.2, 0) is 5.54 Å². The molecule has 0 saturated heterocycles. The molecule has 30 heavy (non-hydrogen) atoms. The van der Waals surface area contributed by atoms with E-state index in [0.717, 1.165) is 27.6 Å². The highest BCUT2D eigenvalue weighted by atomic mass is 35.5. The Labute approximate surface area is 180 Å². The van der Waals surface area contributed by atoms with Crippen LogP contribution in [0.3, 0.4) is 0 Å². The summed E-state index contributed by atoms with van der Waals surface area (Å²) in [5.74, 6) is 0.480. The van der Waals surface area contributed by atoms with Crippen LogP contribution in [-0.4, -0.2) is 9.78 Å². The lowest BCUT2D eigenvalue weighted by molar-refractivity contribution is 0.477. The minimum absolute atomic E-state index is 0.480. The molecule has 0 radical (unpaired) electrons. The Hall–Kier alpha value is -3.56. The Morgan fingerprint density at radius 3 is 1.60 bits per heavy atom. The van der Waals surface area contributed by atoms with E-state index in [1.54, 1.807) is 0 Å². The van der Waals surface area contributed by atoms with E-state index in [-0.39, 0.29) is 0 Å².